The van der Waals surface area contributed by atoms with Crippen molar-refractivity contribution >= 4 is 0 Å². The van der Waals surface area contributed by atoms with E-state index in [4.69, 9.17) is 5.26 Å². The topological polar surface area (TPSA) is 23.8 Å². The van der Waals surface area contributed by atoms with Gasteiger partial charge in [-0.15, -0.1) is 0 Å². The number of hydrogen-bond donors (Lipinski definition) is 0. The van der Waals surface area contributed by atoms with Gasteiger partial charge in [-0.05, 0) is 32.6 Å². The van der Waals surface area contributed by atoms with Crippen LogP contribution in [0.25, 0.3) is 0 Å². The van der Waals surface area contributed by atoms with Gasteiger partial charge in [-0.2, -0.15) is 5.26 Å². The van der Waals surface area contributed by atoms with E-state index in [0.29, 0.717) is 6.42 Å². The largest absolute Gasteiger partial charge is 0.198 e. The molecule has 0 aliphatic rings. The first-order valence-corrected chi connectivity index (χ1v) is 3.73. The molecule has 0 bridgehead atoms. The molecular weight excluding hydrogens is 122 g/mol. The van der Waals surface area contributed by atoms with Crippen LogP contribution in [0.4, 0.5) is 0 Å². The van der Waals surface area contributed by atoms with Crippen LogP contribution in [0.5, 0.6) is 0 Å². The molecule has 0 amide bonds. The zero-order valence-corrected chi connectivity index (χ0v) is 6.34. The Morgan fingerprint density at radius 1 is 1.30 bits per heavy atom. The Hall–Kier alpha value is -0.770. The minimum Gasteiger partial charge on any atom is -0.198 e. The van der Waals surface area contributed by atoms with Crippen LogP contribution in [-0.2, 0) is 0 Å². The third-order valence-electron chi connectivity index (χ3n) is 1.24. The van der Waals surface area contributed by atoms with Gasteiger partial charge in [0.1, 0.15) is 0 Å². The molecule has 55 valence electrons. The van der Waals surface area contributed by atoms with Gasteiger partial charge in [-0.25, -0.2) is 0 Å². The average molecular weight is 136 g/mol. The normalized spacial score (nSPS) is 10.0. The second-order valence-corrected chi connectivity index (χ2v) is 2.16. The second-order valence-electron chi connectivity index (χ2n) is 2.16. The smallest absolute Gasteiger partial charge is 0.0621 e. The number of rotatable bonds is 5. The summed E-state index contributed by atoms with van der Waals surface area (Å²) in [4.78, 5) is 0. The highest BCUT2D eigenvalue weighted by atomic mass is 14.2. The second kappa shape index (κ2) is 8.23. The minimum atomic E-state index is 0.693. The number of allylic oxidation sites excluding steroid dienone is 2. The molecule has 1 radical (unpaired) electrons. The van der Waals surface area contributed by atoms with Crippen LogP contribution in [0.15, 0.2) is 12.2 Å². The van der Waals surface area contributed by atoms with Crippen molar-refractivity contribution in [3.8, 4) is 6.07 Å². The average Bonchev–Trinajstić information content (AvgIpc) is 1.97. The zero-order chi connectivity index (χ0) is 7.66. The maximum Gasteiger partial charge on any atom is 0.0621 e. The van der Waals surface area contributed by atoms with Gasteiger partial charge in [0.05, 0.1) is 6.07 Å². The van der Waals surface area contributed by atoms with E-state index in [0.717, 1.165) is 25.7 Å². The first-order chi connectivity index (χ1) is 4.91. The van der Waals surface area contributed by atoms with E-state index in [1.54, 1.807) is 0 Å². The molecular formula is C9H14N. The molecule has 0 aromatic heterocycles. The van der Waals surface area contributed by atoms with Gasteiger partial charge in [0.2, 0.25) is 0 Å². The molecule has 0 rings (SSSR count). The van der Waals surface area contributed by atoms with E-state index in [-0.39, 0.29) is 0 Å². The molecule has 0 N–H and O–H groups in total. The van der Waals surface area contributed by atoms with E-state index in [9.17, 15) is 0 Å². The van der Waals surface area contributed by atoms with Crippen molar-refractivity contribution in [1.82, 2.24) is 0 Å². The van der Waals surface area contributed by atoms with Crippen molar-refractivity contribution in [3.63, 3.8) is 0 Å². The van der Waals surface area contributed by atoms with Gasteiger partial charge in [-0.1, -0.05) is 12.2 Å². The number of nitriles is 1. The summed E-state index contributed by atoms with van der Waals surface area (Å²) < 4.78 is 0. The summed E-state index contributed by atoms with van der Waals surface area (Å²) in [5.41, 5.74) is 0. The van der Waals surface area contributed by atoms with Gasteiger partial charge in [0.15, 0.2) is 0 Å². The van der Waals surface area contributed by atoms with Crippen molar-refractivity contribution in [3.05, 3.63) is 19.1 Å². The fourth-order valence-electron chi connectivity index (χ4n) is 0.702. The van der Waals surface area contributed by atoms with Crippen molar-refractivity contribution in [2.45, 2.75) is 32.1 Å². The summed E-state index contributed by atoms with van der Waals surface area (Å²) in [5, 5.41) is 8.19. The Balaban J connectivity index is 2.92. The van der Waals surface area contributed by atoms with Crippen LogP contribution in [0, 0.1) is 18.3 Å². The minimum absolute atomic E-state index is 0.693. The van der Waals surface area contributed by atoms with Crippen LogP contribution < -0.4 is 0 Å². The third kappa shape index (κ3) is 7.23. The van der Waals surface area contributed by atoms with Gasteiger partial charge >= 0.3 is 0 Å². The quantitative estimate of drug-likeness (QED) is 0.421. The highest BCUT2D eigenvalue weighted by Crippen LogP contribution is 1.99. The predicted octanol–water partition coefficient (Wildman–Crippen LogP) is 2.85. The lowest BCUT2D eigenvalue weighted by Crippen LogP contribution is -1.71. The van der Waals surface area contributed by atoms with Crippen LogP contribution in [0.2, 0.25) is 0 Å². The third-order valence-corrected chi connectivity index (χ3v) is 1.24. The number of hydrogen-bond acceptors (Lipinski definition) is 1. The van der Waals surface area contributed by atoms with Crippen molar-refractivity contribution in [2.75, 3.05) is 0 Å². The van der Waals surface area contributed by atoms with Crippen LogP contribution in [0.1, 0.15) is 32.1 Å². The molecule has 0 aliphatic heterocycles. The molecule has 0 aliphatic carbocycles. The fourth-order valence-corrected chi connectivity index (χ4v) is 0.702. The monoisotopic (exact) mass is 136 g/mol. The molecule has 0 saturated carbocycles. The van der Waals surface area contributed by atoms with Gasteiger partial charge in [0, 0.05) is 6.42 Å². The van der Waals surface area contributed by atoms with E-state index < -0.39 is 0 Å². The molecule has 0 fully saturated rings. The summed E-state index contributed by atoms with van der Waals surface area (Å²) in [7, 11) is 0. The Kier molecular flexibility index (Phi) is 7.60. The van der Waals surface area contributed by atoms with Gasteiger partial charge in [-0.3, -0.25) is 0 Å². The lowest BCUT2D eigenvalue weighted by atomic mass is 10.2. The highest BCUT2D eigenvalue weighted by Gasteiger charge is 1.82. The van der Waals surface area contributed by atoms with Crippen molar-refractivity contribution in [2.24, 2.45) is 0 Å². The van der Waals surface area contributed by atoms with E-state index in [2.05, 4.69) is 25.1 Å². The standard InChI is InChI=1S/C9H14N/c1-2-3-4-5-6-7-8-9-10/h3-4H,1-2,5-8H2. The Morgan fingerprint density at radius 3 is 2.70 bits per heavy atom. The maximum atomic E-state index is 8.19. The molecule has 0 unspecified atom stereocenters. The molecule has 1 nitrogen and oxygen atoms in total. The number of nitrogens with zero attached hydrogens (tertiary/aromatic N) is 1. The lowest BCUT2D eigenvalue weighted by Gasteiger charge is -1.88. The summed E-state index contributed by atoms with van der Waals surface area (Å²) in [6.07, 6.45) is 9.01. The molecule has 10 heavy (non-hydrogen) atoms. The molecule has 0 atom stereocenters. The summed E-state index contributed by atoms with van der Waals surface area (Å²) in [5.74, 6) is 0. The molecule has 0 spiro atoms. The SMILES string of the molecule is [CH2]CC=CCCCCC#N. The number of unbranched alkanes of at least 4 members (excludes halogenated alkanes) is 3. The molecule has 1 heteroatoms. The maximum absolute atomic E-state index is 8.19. The first-order valence-electron chi connectivity index (χ1n) is 3.73. The Bertz CT molecular complexity index is 119. The molecule has 0 aromatic rings. The van der Waals surface area contributed by atoms with Gasteiger partial charge < -0.3 is 0 Å². The van der Waals surface area contributed by atoms with E-state index in [1.165, 1.54) is 0 Å². The highest BCUT2D eigenvalue weighted by molar-refractivity contribution is 4.82. The molecule has 0 aromatic carbocycles. The summed E-state index contributed by atoms with van der Waals surface area (Å²) in [6, 6.07) is 2.12. The summed E-state index contributed by atoms with van der Waals surface area (Å²) in [6.45, 7) is 3.68. The zero-order valence-electron chi connectivity index (χ0n) is 6.34. The Morgan fingerprint density at radius 2 is 2.10 bits per heavy atom. The van der Waals surface area contributed by atoms with E-state index >= 15 is 0 Å². The van der Waals surface area contributed by atoms with Crippen LogP contribution in [0.3, 0.4) is 0 Å². The van der Waals surface area contributed by atoms with E-state index in [1.807, 2.05) is 0 Å². The fraction of sp³-hybridized carbons (Fsp3) is 0.556. The van der Waals surface area contributed by atoms with Crippen LogP contribution >= 0.6 is 0 Å². The lowest BCUT2D eigenvalue weighted by molar-refractivity contribution is 0.767. The summed E-state index contributed by atoms with van der Waals surface area (Å²) >= 11 is 0. The first kappa shape index (κ1) is 9.23. The van der Waals surface area contributed by atoms with Crippen molar-refractivity contribution in [1.29, 1.82) is 5.26 Å². The van der Waals surface area contributed by atoms with Crippen LogP contribution in [-0.4, -0.2) is 0 Å². The predicted molar refractivity (Wildman–Crippen MR) is 43.2 cm³/mol. The Labute approximate surface area is 63.4 Å². The molecule has 0 saturated heterocycles. The van der Waals surface area contributed by atoms with Crippen molar-refractivity contribution < 1.29 is 0 Å². The van der Waals surface area contributed by atoms with Gasteiger partial charge in [0.25, 0.3) is 0 Å². The molecule has 0 heterocycles.